The van der Waals surface area contributed by atoms with Crippen LogP contribution in [0.1, 0.15) is 87.3 Å². The largest absolute Gasteiger partial charge is 0.368 e. The van der Waals surface area contributed by atoms with Gasteiger partial charge in [0.25, 0.3) is 0 Å². The van der Waals surface area contributed by atoms with E-state index in [9.17, 15) is 39.0 Å². The van der Waals surface area contributed by atoms with E-state index >= 15 is 0 Å². The molecule has 2 aromatic carbocycles. The van der Waals surface area contributed by atoms with E-state index in [4.69, 9.17) is 5.73 Å². The van der Waals surface area contributed by atoms with E-state index < -0.39 is 53.6 Å². The van der Waals surface area contributed by atoms with Gasteiger partial charge in [0.1, 0.15) is 17.6 Å². The summed E-state index contributed by atoms with van der Waals surface area (Å²) in [6, 6.07) is 14.9. The molecule has 1 fully saturated rings. The van der Waals surface area contributed by atoms with Crippen LogP contribution in [-0.2, 0) is 30.4 Å². The molecular formula is C43H56N8O8. The summed E-state index contributed by atoms with van der Waals surface area (Å²) in [4.78, 5) is 82.5. The van der Waals surface area contributed by atoms with Crippen LogP contribution in [0, 0.1) is 6.92 Å². The van der Waals surface area contributed by atoms with Gasteiger partial charge in [-0.2, -0.15) is 0 Å². The highest BCUT2D eigenvalue weighted by atomic mass is 16.5. The fourth-order valence-electron chi connectivity index (χ4n) is 6.75. The first-order valence-corrected chi connectivity index (χ1v) is 20.0. The summed E-state index contributed by atoms with van der Waals surface area (Å²) in [6.45, 7) is 2.18. The first-order chi connectivity index (χ1) is 28.3. The molecule has 1 aromatic heterocycles. The third kappa shape index (κ3) is 15.6. The van der Waals surface area contributed by atoms with Crippen molar-refractivity contribution >= 4 is 53.0 Å². The Kier molecular flexibility index (Phi) is 18.0. The molecule has 1 saturated carbocycles. The Morgan fingerprint density at radius 1 is 0.814 bits per heavy atom. The van der Waals surface area contributed by atoms with Gasteiger partial charge < -0.3 is 47.8 Å². The van der Waals surface area contributed by atoms with Crippen molar-refractivity contribution in [3.63, 3.8) is 0 Å². The first kappa shape index (κ1) is 45.6. The minimum atomic E-state index is -1.62. The fraction of sp³-hybridized carbons (Fsp3) is 0.419. The fourth-order valence-corrected chi connectivity index (χ4v) is 6.75. The molecule has 1 aliphatic rings. The number of nitrogens with two attached hydrogens (primary N) is 1. The molecule has 0 aliphatic heterocycles. The number of amides is 7. The van der Waals surface area contributed by atoms with Crippen molar-refractivity contribution in [3.8, 4) is 0 Å². The Hall–Kier alpha value is -6.13. The van der Waals surface area contributed by atoms with Gasteiger partial charge >= 0.3 is 6.03 Å². The minimum Gasteiger partial charge on any atom is -0.368 e. The van der Waals surface area contributed by atoms with Crippen LogP contribution in [0.3, 0.4) is 0 Å². The number of aliphatic hydroxyl groups is 2. The van der Waals surface area contributed by atoms with Crippen molar-refractivity contribution in [2.24, 2.45) is 5.73 Å². The number of para-hydroxylation sites is 1. The number of nitrogens with one attached hydrogen (secondary N) is 6. The summed E-state index contributed by atoms with van der Waals surface area (Å²) >= 11 is 0. The van der Waals surface area contributed by atoms with Crippen LogP contribution >= 0.6 is 0 Å². The monoisotopic (exact) mass is 812 g/mol. The van der Waals surface area contributed by atoms with Crippen LogP contribution in [0.4, 0.5) is 16.2 Å². The standard InChI is InChI=1S/C43H56N8O8/c1-29-11-3-4-13-33(29)50-42(59)47-32-20-17-30(18-21-32)27-37(53)48-34(14-5-8-26-46-36(52)22-19-31-12-10-25-45-28-31)39(56)49-35(15-9-16-38(54)55)40(57)51-43(41(44)58)23-6-2-7-24-43/h3-4,10-13,17-22,25,28,34-35,38,54-55H,2,5-9,14-16,23-24,26-27H2,1H3,(H2,44,58)(H,46,52)(H,48,53)(H,49,56)(H,51,57)(H2,47,50,59)/b22-19+/t34-,35-/m0/s1. The number of pyridine rings is 1. The van der Waals surface area contributed by atoms with Crippen molar-refractivity contribution < 1.29 is 39.0 Å². The Balaban J connectivity index is 1.41. The van der Waals surface area contributed by atoms with Crippen molar-refractivity contribution in [3.05, 3.63) is 95.8 Å². The van der Waals surface area contributed by atoms with Crippen LogP contribution in [-0.4, -0.2) is 81.2 Å². The van der Waals surface area contributed by atoms with E-state index in [0.717, 1.165) is 17.5 Å². The van der Waals surface area contributed by atoms with Crippen LogP contribution in [0.5, 0.6) is 0 Å². The number of benzene rings is 2. The minimum absolute atomic E-state index is 0.0205. The summed E-state index contributed by atoms with van der Waals surface area (Å²) in [5, 5.41) is 35.6. The van der Waals surface area contributed by atoms with Gasteiger partial charge in [-0.15, -0.1) is 0 Å². The number of urea groups is 1. The van der Waals surface area contributed by atoms with E-state index in [0.29, 0.717) is 62.0 Å². The van der Waals surface area contributed by atoms with Gasteiger partial charge in [-0.1, -0.05) is 55.7 Å². The molecule has 59 heavy (non-hydrogen) atoms. The Labute approximate surface area is 344 Å². The SMILES string of the molecule is Cc1ccccc1NC(=O)Nc1ccc(CC(=O)N[C@@H](CCCCNC(=O)/C=C/c2cccnc2)C(=O)N[C@@H](CCCC(O)O)C(=O)NC2(C(N)=O)CCCCC2)cc1. The highest BCUT2D eigenvalue weighted by Gasteiger charge is 2.41. The molecule has 4 rings (SSSR count). The smallest absolute Gasteiger partial charge is 0.323 e. The molecule has 0 saturated heterocycles. The summed E-state index contributed by atoms with van der Waals surface area (Å²) in [6.07, 6.45) is 8.71. The Morgan fingerprint density at radius 3 is 2.20 bits per heavy atom. The maximum Gasteiger partial charge on any atom is 0.323 e. The van der Waals surface area contributed by atoms with Crippen molar-refractivity contribution in [1.82, 2.24) is 26.3 Å². The highest BCUT2D eigenvalue weighted by molar-refractivity contribution is 6.00. The molecule has 2 atom stereocenters. The summed E-state index contributed by atoms with van der Waals surface area (Å²) in [5.41, 5.74) is 7.94. The van der Waals surface area contributed by atoms with Crippen LogP contribution in [0.15, 0.2) is 79.1 Å². The normalized spacial score (nSPS) is 14.4. The average molecular weight is 813 g/mol. The van der Waals surface area contributed by atoms with Crippen LogP contribution in [0.25, 0.3) is 6.08 Å². The quantitative estimate of drug-likeness (QED) is 0.0434. The number of anilines is 2. The van der Waals surface area contributed by atoms with Gasteiger partial charge in [-0.05, 0) is 105 Å². The van der Waals surface area contributed by atoms with Gasteiger partial charge in [0.05, 0.1) is 6.42 Å². The second-order valence-electron chi connectivity index (χ2n) is 14.8. The van der Waals surface area contributed by atoms with Gasteiger partial charge in [0.2, 0.25) is 29.5 Å². The van der Waals surface area contributed by atoms with Gasteiger partial charge in [0, 0.05) is 36.4 Å². The van der Waals surface area contributed by atoms with Gasteiger partial charge in [-0.25, -0.2) is 4.79 Å². The summed E-state index contributed by atoms with van der Waals surface area (Å²) in [7, 11) is 0. The Morgan fingerprint density at radius 2 is 1.53 bits per heavy atom. The zero-order valence-electron chi connectivity index (χ0n) is 33.4. The first-order valence-electron chi connectivity index (χ1n) is 20.0. The molecule has 16 heteroatoms. The number of hydrogen-bond donors (Lipinski definition) is 9. The number of aliphatic hydroxyl groups excluding tert-OH is 1. The number of unbranched alkanes of at least 4 members (excludes halogenated alkanes) is 1. The van der Waals surface area contributed by atoms with Crippen molar-refractivity contribution in [1.29, 1.82) is 0 Å². The number of nitrogens with zero attached hydrogens (tertiary/aromatic N) is 1. The molecular weight excluding hydrogens is 757 g/mol. The maximum absolute atomic E-state index is 13.9. The third-order valence-electron chi connectivity index (χ3n) is 10.1. The zero-order valence-corrected chi connectivity index (χ0v) is 33.4. The molecule has 7 amide bonds. The van der Waals surface area contributed by atoms with Crippen molar-refractivity contribution in [2.75, 3.05) is 17.2 Å². The predicted octanol–water partition coefficient (Wildman–Crippen LogP) is 3.33. The van der Waals surface area contributed by atoms with Crippen LogP contribution in [0.2, 0.25) is 0 Å². The van der Waals surface area contributed by atoms with E-state index in [2.05, 4.69) is 36.9 Å². The third-order valence-corrected chi connectivity index (χ3v) is 10.1. The summed E-state index contributed by atoms with van der Waals surface area (Å²) < 4.78 is 0. The molecule has 0 unspecified atom stereocenters. The number of carbonyl (C=O) groups excluding carboxylic acids is 6. The number of carbonyl (C=O) groups is 6. The highest BCUT2D eigenvalue weighted by Crippen LogP contribution is 2.28. The topological polar surface area (TPSA) is 254 Å². The second kappa shape index (κ2) is 23.3. The number of aromatic nitrogens is 1. The molecule has 16 nitrogen and oxygen atoms in total. The number of rotatable bonds is 21. The molecule has 316 valence electrons. The molecule has 0 bridgehead atoms. The predicted molar refractivity (Wildman–Crippen MR) is 223 cm³/mol. The maximum atomic E-state index is 13.9. The summed E-state index contributed by atoms with van der Waals surface area (Å²) in [5.74, 6) is -2.74. The van der Waals surface area contributed by atoms with Gasteiger partial charge in [0.15, 0.2) is 6.29 Å². The number of hydrogen-bond acceptors (Lipinski definition) is 9. The van der Waals surface area contributed by atoms with Crippen LogP contribution < -0.4 is 37.6 Å². The molecule has 0 spiro atoms. The Bertz CT molecular complexity index is 1900. The second-order valence-corrected chi connectivity index (χ2v) is 14.8. The lowest BCUT2D eigenvalue weighted by molar-refractivity contribution is -0.136. The van der Waals surface area contributed by atoms with Gasteiger partial charge in [-0.3, -0.25) is 29.0 Å². The van der Waals surface area contributed by atoms with E-state index in [1.54, 1.807) is 54.9 Å². The molecule has 1 aliphatic carbocycles. The molecule has 1 heterocycles. The lowest BCUT2D eigenvalue weighted by atomic mass is 9.80. The lowest BCUT2D eigenvalue weighted by Crippen LogP contribution is -2.62. The zero-order chi connectivity index (χ0) is 42.6. The number of primary amides is 1. The molecule has 0 radical (unpaired) electrons. The molecule has 3 aromatic rings. The van der Waals surface area contributed by atoms with E-state index in [-0.39, 0.29) is 38.0 Å². The van der Waals surface area contributed by atoms with E-state index in [1.165, 1.54) is 6.08 Å². The average Bonchev–Trinajstić information content (AvgIpc) is 3.21. The lowest BCUT2D eigenvalue weighted by Gasteiger charge is -2.36. The number of aryl methyl sites for hydroxylation is 1. The molecule has 10 N–H and O–H groups in total. The van der Waals surface area contributed by atoms with Crippen molar-refractivity contribution in [2.45, 2.75) is 108 Å². The van der Waals surface area contributed by atoms with E-state index in [1.807, 2.05) is 31.2 Å².